The van der Waals surface area contributed by atoms with Gasteiger partial charge in [-0.2, -0.15) is 0 Å². The zero-order valence-electron chi connectivity index (χ0n) is 14.5. The first-order chi connectivity index (χ1) is 12.3. The predicted molar refractivity (Wildman–Crippen MR) is 88.2 cm³/mol. The van der Waals surface area contributed by atoms with Crippen LogP contribution >= 0.6 is 0 Å². The predicted octanol–water partition coefficient (Wildman–Crippen LogP) is 0.542. The summed E-state index contributed by atoms with van der Waals surface area (Å²) in [6, 6.07) is 3.03. The molecule has 1 rings (SSSR count). The number of benzene rings is 1. The van der Waals surface area contributed by atoms with Crippen LogP contribution in [0.4, 0.5) is 4.39 Å². The van der Waals surface area contributed by atoms with Gasteiger partial charge in [-0.05, 0) is 38.1 Å². The lowest BCUT2D eigenvalue weighted by Crippen LogP contribution is -2.52. The molecule has 2 amide bonds. The first-order valence-electron chi connectivity index (χ1n) is 7.98. The highest BCUT2D eigenvalue weighted by Gasteiger charge is 2.37. The molecule has 0 aliphatic rings. The van der Waals surface area contributed by atoms with Crippen molar-refractivity contribution in [2.45, 2.75) is 26.3 Å². The molecule has 1 aromatic carbocycles. The van der Waals surface area contributed by atoms with Crippen molar-refractivity contribution >= 4 is 23.8 Å². The van der Waals surface area contributed by atoms with E-state index >= 15 is 0 Å². The average Bonchev–Trinajstić information content (AvgIpc) is 2.58. The van der Waals surface area contributed by atoms with Gasteiger partial charge in [-0.1, -0.05) is 0 Å². The summed E-state index contributed by atoms with van der Waals surface area (Å²) in [5.41, 5.74) is 5.35. The quantitative estimate of drug-likeness (QED) is 0.613. The Hall–Kier alpha value is -2.97. The van der Waals surface area contributed by atoms with E-state index in [1.54, 1.807) is 13.8 Å². The number of amides is 2. The van der Waals surface area contributed by atoms with E-state index in [9.17, 15) is 23.6 Å². The van der Waals surface area contributed by atoms with Gasteiger partial charge in [-0.3, -0.25) is 19.2 Å². The minimum atomic E-state index is -1.50. The van der Waals surface area contributed by atoms with E-state index in [1.165, 1.54) is 12.1 Å². The molecule has 0 unspecified atom stereocenters. The molecule has 0 radical (unpaired) electrons. The third-order valence-corrected chi connectivity index (χ3v) is 3.38. The van der Waals surface area contributed by atoms with E-state index in [1.807, 2.05) is 0 Å². The third-order valence-electron chi connectivity index (χ3n) is 3.38. The van der Waals surface area contributed by atoms with Gasteiger partial charge in [0.25, 0.3) is 5.91 Å². The van der Waals surface area contributed by atoms with Crippen LogP contribution < -0.4 is 11.1 Å². The zero-order chi connectivity index (χ0) is 19.7. The highest BCUT2D eigenvalue weighted by molar-refractivity contribution is 5.99. The Bertz CT molecular complexity index is 662. The molecule has 26 heavy (non-hydrogen) atoms. The Labute approximate surface area is 149 Å². The van der Waals surface area contributed by atoms with Crippen LogP contribution in [0, 0.1) is 11.7 Å². The molecule has 8 nitrogen and oxygen atoms in total. The Kier molecular flexibility index (Phi) is 8.20. The number of hydrogen-bond donors (Lipinski definition) is 2. The molecule has 9 heteroatoms. The van der Waals surface area contributed by atoms with E-state index < -0.39 is 48.0 Å². The second-order valence-electron chi connectivity index (χ2n) is 5.23. The van der Waals surface area contributed by atoms with Crippen molar-refractivity contribution in [1.29, 1.82) is 0 Å². The molecule has 0 spiro atoms. The maximum absolute atomic E-state index is 13.0. The number of rotatable bonds is 9. The SMILES string of the molecule is CCOC(=O)C[C@@H](C(=O)OCC)[C@H](NC(=O)c1ccc(F)cc1)C(N)=O. The topological polar surface area (TPSA) is 125 Å². The number of ether oxygens (including phenoxy) is 2. The van der Waals surface area contributed by atoms with Crippen LogP contribution in [0.2, 0.25) is 0 Å². The summed E-state index contributed by atoms with van der Waals surface area (Å²) < 4.78 is 22.6. The van der Waals surface area contributed by atoms with Gasteiger partial charge in [0.15, 0.2) is 0 Å². The molecule has 1 aromatic rings. The lowest BCUT2D eigenvalue weighted by molar-refractivity contribution is -0.156. The number of halogens is 1. The van der Waals surface area contributed by atoms with Crippen molar-refractivity contribution < 1.29 is 33.0 Å². The van der Waals surface area contributed by atoms with E-state index in [4.69, 9.17) is 15.2 Å². The number of carbonyl (C=O) groups excluding carboxylic acids is 4. The van der Waals surface area contributed by atoms with Crippen molar-refractivity contribution in [1.82, 2.24) is 5.32 Å². The highest BCUT2D eigenvalue weighted by Crippen LogP contribution is 2.15. The number of primary amides is 1. The molecule has 142 valence electrons. The minimum Gasteiger partial charge on any atom is -0.466 e. The molecule has 0 saturated heterocycles. The number of carbonyl (C=O) groups is 4. The van der Waals surface area contributed by atoms with Crippen molar-refractivity contribution in [3.05, 3.63) is 35.6 Å². The largest absolute Gasteiger partial charge is 0.466 e. The summed E-state index contributed by atoms with van der Waals surface area (Å²) in [5, 5.41) is 2.29. The molecular weight excluding hydrogens is 347 g/mol. The Morgan fingerprint density at radius 1 is 1.08 bits per heavy atom. The number of nitrogens with one attached hydrogen (secondary N) is 1. The van der Waals surface area contributed by atoms with Crippen LogP contribution in [0.3, 0.4) is 0 Å². The van der Waals surface area contributed by atoms with Crippen molar-refractivity contribution in [3.8, 4) is 0 Å². The lowest BCUT2D eigenvalue weighted by atomic mass is 9.95. The zero-order valence-corrected chi connectivity index (χ0v) is 14.5. The summed E-state index contributed by atoms with van der Waals surface area (Å²) >= 11 is 0. The highest BCUT2D eigenvalue weighted by atomic mass is 19.1. The van der Waals surface area contributed by atoms with E-state index in [0.717, 1.165) is 12.1 Å². The summed E-state index contributed by atoms with van der Waals surface area (Å²) in [7, 11) is 0. The Balaban J connectivity index is 3.03. The fourth-order valence-corrected chi connectivity index (χ4v) is 2.18. The van der Waals surface area contributed by atoms with Gasteiger partial charge in [-0.25, -0.2) is 4.39 Å². The summed E-state index contributed by atoms with van der Waals surface area (Å²) in [6.07, 6.45) is -0.496. The van der Waals surface area contributed by atoms with Gasteiger partial charge in [-0.15, -0.1) is 0 Å². The van der Waals surface area contributed by atoms with Crippen LogP contribution in [0.25, 0.3) is 0 Å². The summed E-state index contributed by atoms with van der Waals surface area (Å²) in [5.74, 6) is -5.29. The number of esters is 2. The van der Waals surface area contributed by atoms with Gasteiger partial charge < -0.3 is 20.5 Å². The molecule has 0 aliphatic carbocycles. The van der Waals surface area contributed by atoms with Gasteiger partial charge in [0.05, 0.1) is 25.6 Å². The van der Waals surface area contributed by atoms with Crippen LogP contribution in [0.5, 0.6) is 0 Å². The molecule has 0 saturated carbocycles. The van der Waals surface area contributed by atoms with Crippen LogP contribution in [0.15, 0.2) is 24.3 Å². The number of hydrogen-bond acceptors (Lipinski definition) is 6. The second kappa shape index (κ2) is 10.1. The standard InChI is InChI=1S/C17H21FN2O6/c1-3-25-13(21)9-12(17(24)26-4-2)14(15(19)22)20-16(23)10-5-7-11(18)8-6-10/h5-8,12,14H,3-4,9H2,1-2H3,(H2,19,22)(H,20,23)/t12-,14+/m1/s1. The molecular formula is C17H21FN2O6. The number of nitrogens with two attached hydrogens (primary N) is 1. The van der Waals surface area contributed by atoms with E-state index in [-0.39, 0.29) is 18.8 Å². The second-order valence-corrected chi connectivity index (χ2v) is 5.23. The van der Waals surface area contributed by atoms with E-state index in [2.05, 4.69) is 5.32 Å². The maximum Gasteiger partial charge on any atom is 0.312 e. The molecule has 2 atom stereocenters. The molecule has 0 aromatic heterocycles. The molecule has 0 bridgehead atoms. The van der Waals surface area contributed by atoms with Gasteiger partial charge in [0.2, 0.25) is 5.91 Å². The van der Waals surface area contributed by atoms with Gasteiger partial charge in [0.1, 0.15) is 11.9 Å². The van der Waals surface area contributed by atoms with Gasteiger partial charge >= 0.3 is 11.9 Å². The Morgan fingerprint density at radius 3 is 2.15 bits per heavy atom. The first-order valence-corrected chi connectivity index (χ1v) is 7.98. The van der Waals surface area contributed by atoms with Crippen molar-refractivity contribution in [2.24, 2.45) is 11.7 Å². The normalized spacial score (nSPS) is 12.6. The van der Waals surface area contributed by atoms with Crippen molar-refractivity contribution in [3.63, 3.8) is 0 Å². The average molecular weight is 368 g/mol. The molecule has 3 N–H and O–H groups in total. The van der Waals surface area contributed by atoms with Crippen LogP contribution in [0.1, 0.15) is 30.6 Å². The Morgan fingerprint density at radius 2 is 1.65 bits per heavy atom. The van der Waals surface area contributed by atoms with Crippen molar-refractivity contribution in [2.75, 3.05) is 13.2 Å². The molecule has 0 heterocycles. The maximum atomic E-state index is 13.0. The fraction of sp³-hybridized carbons (Fsp3) is 0.412. The third kappa shape index (κ3) is 6.15. The van der Waals surface area contributed by atoms with Gasteiger partial charge in [0, 0.05) is 5.56 Å². The monoisotopic (exact) mass is 368 g/mol. The molecule has 0 aliphatic heterocycles. The van der Waals surface area contributed by atoms with Crippen LogP contribution in [-0.2, 0) is 23.9 Å². The molecule has 0 fully saturated rings. The smallest absolute Gasteiger partial charge is 0.312 e. The fourth-order valence-electron chi connectivity index (χ4n) is 2.18. The van der Waals surface area contributed by atoms with Crippen LogP contribution in [-0.4, -0.2) is 43.0 Å². The van der Waals surface area contributed by atoms with E-state index in [0.29, 0.717) is 0 Å². The summed E-state index contributed by atoms with van der Waals surface area (Å²) in [4.78, 5) is 48.0. The minimum absolute atomic E-state index is 0.00947. The first kappa shape index (κ1) is 21.1. The lowest BCUT2D eigenvalue weighted by Gasteiger charge is -2.23. The summed E-state index contributed by atoms with van der Waals surface area (Å²) in [6.45, 7) is 3.22.